The van der Waals surface area contributed by atoms with Crippen molar-refractivity contribution in [2.45, 2.75) is 19.3 Å². The van der Waals surface area contributed by atoms with Gasteiger partial charge in [-0.25, -0.2) is 0 Å². The second kappa shape index (κ2) is 15.4. The fourth-order valence-corrected chi connectivity index (χ4v) is 0.329. The second-order valence-corrected chi connectivity index (χ2v) is 3.15. The average Bonchev–Trinajstić information content (AvgIpc) is 2.90. The average molecular weight is 226 g/mol. The van der Waals surface area contributed by atoms with Crippen molar-refractivity contribution in [1.82, 2.24) is 5.32 Å². The van der Waals surface area contributed by atoms with Crippen LogP contribution in [0.1, 0.15) is 19.3 Å². The molecule has 0 spiro atoms. The van der Waals surface area contributed by atoms with E-state index in [1.54, 1.807) is 0 Å². The number of nitrogens with one attached hydrogen (secondary N) is 1. The molecule has 0 aromatic rings. The Labute approximate surface area is 85.6 Å². The minimum absolute atomic E-state index is 0.694. The van der Waals surface area contributed by atoms with Crippen LogP contribution >= 0.6 is 8.25 Å². The molecule has 1 fully saturated rings. The van der Waals surface area contributed by atoms with E-state index in [1.807, 2.05) is 0 Å². The Kier molecular flexibility index (Phi) is 17.9. The van der Waals surface area contributed by atoms with E-state index in [4.69, 9.17) is 25.8 Å². The number of nitrogens with two attached hydrogens (primary N) is 2. The van der Waals surface area contributed by atoms with Gasteiger partial charge in [0.2, 0.25) is 0 Å². The van der Waals surface area contributed by atoms with Gasteiger partial charge in [-0.15, -0.1) is 9.79 Å². The molecule has 0 aromatic carbocycles. The molecular weight excluding hydrogens is 205 g/mol. The van der Waals surface area contributed by atoms with Crippen LogP contribution in [0.25, 0.3) is 0 Å². The molecule has 0 radical (unpaired) electrons. The van der Waals surface area contributed by atoms with Gasteiger partial charge >= 0.3 is 8.25 Å². The van der Waals surface area contributed by atoms with E-state index in [0.29, 0.717) is 13.1 Å². The highest BCUT2D eigenvalue weighted by molar-refractivity contribution is 7.30. The van der Waals surface area contributed by atoms with Crippen LogP contribution in [-0.4, -0.2) is 36.0 Å². The van der Waals surface area contributed by atoms with Crippen LogP contribution in [0.2, 0.25) is 0 Å². The zero-order valence-electron chi connectivity index (χ0n) is 8.35. The quantitative estimate of drug-likeness (QED) is 0.319. The molecule has 0 atom stereocenters. The molecule has 86 valence electrons. The summed E-state index contributed by atoms with van der Waals surface area (Å²) in [7, 11) is -2.87. The molecule has 1 rings (SSSR count). The van der Waals surface area contributed by atoms with Gasteiger partial charge in [0.1, 0.15) is 0 Å². The summed E-state index contributed by atoms with van der Waals surface area (Å²) in [4.78, 5) is 14.2. The first-order valence-electron chi connectivity index (χ1n) is 4.61. The summed E-state index contributed by atoms with van der Waals surface area (Å²) in [5.74, 6) is 0. The minimum Gasteiger partial charge on any atom is -0.329 e. The molecule has 0 saturated heterocycles. The van der Waals surface area contributed by atoms with E-state index in [0.717, 1.165) is 13.1 Å². The van der Waals surface area contributed by atoms with E-state index in [9.17, 15) is 0 Å². The monoisotopic (exact) mass is 226 g/mol. The maximum absolute atomic E-state index is 8.70. The van der Waals surface area contributed by atoms with Crippen LogP contribution in [0.5, 0.6) is 0 Å². The summed E-state index contributed by atoms with van der Waals surface area (Å²) in [6.07, 6.45) is 4.50. The molecule has 0 amide bonds. The topological polar surface area (TPSA) is 122 Å². The SMILES string of the molecule is C1CC1.NCCNCCN.O=[P+](O)O. The molecule has 1 aliphatic rings. The molecule has 0 aromatic heterocycles. The molecule has 6 nitrogen and oxygen atoms in total. The highest BCUT2D eigenvalue weighted by atomic mass is 31.1. The standard InChI is InChI=1S/C4H13N3.C3H6.HO3P/c5-1-3-7-4-2-6;1-2-3-1;1-4(2)3/h7H,1-6H2;1-3H2;(H-,1,2,3)/p+1. The van der Waals surface area contributed by atoms with Crippen molar-refractivity contribution in [3.63, 3.8) is 0 Å². The Morgan fingerprint density at radius 1 is 1.07 bits per heavy atom. The molecule has 7 heteroatoms. The molecule has 0 aliphatic heterocycles. The smallest absolute Gasteiger partial charge is 0.329 e. The largest absolute Gasteiger partial charge is 0.692 e. The first-order valence-corrected chi connectivity index (χ1v) is 5.77. The van der Waals surface area contributed by atoms with E-state index in [1.165, 1.54) is 19.3 Å². The molecule has 7 N–H and O–H groups in total. The zero-order valence-corrected chi connectivity index (χ0v) is 9.25. The van der Waals surface area contributed by atoms with E-state index < -0.39 is 8.25 Å². The van der Waals surface area contributed by atoms with Gasteiger partial charge in [-0.05, 0) is 0 Å². The van der Waals surface area contributed by atoms with Crippen molar-refractivity contribution in [3.05, 3.63) is 0 Å². The fourth-order valence-electron chi connectivity index (χ4n) is 0.329. The van der Waals surface area contributed by atoms with Crippen LogP contribution < -0.4 is 16.8 Å². The van der Waals surface area contributed by atoms with Crippen molar-refractivity contribution in [2.24, 2.45) is 11.5 Å². The van der Waals surface area contributed by atoms with Crippen molar-refractivity contribution in [1.29, 1.82) is 0 Å². The van der Waals surface area contributed by atoms with E-state index >= 15 is 0 Å². The normalized spacial score (nSPS) is 11.7. The third-order valence-electron chi connectivity index (χ3n) is 0.996. The van der Waals surface area contributed by atoms with Gasteiger partial charge in [0.05, 0.1) is 0 Å². The second-order valence-electron chi connectivity index (χ2n) is 2.64. The predicted molar refractivity (Wildman–Crippen MR) is 56.9 cm³/mol. The molecule has 0 unspecified atom stereocenters. The first-order chi connectivity index (χ1) is 6.65. The Bertz CT molecular complexity index is 114. The van der Waals surface area contributed by atoms with Gasteiger partial charge in [-0.2, -0.15) is 0 Å². The van der Waals surface area contributed by atoms with Gasteiger partial charge in [0.15, 0.2) is 0 Å². The molecule has 0 bridgehead atoms. The Hall–Kier alpha value is -0.100. The van der Waals surface area contributed by atoms with Gasteiger partial charge in [-0.1, -0.05) is 19.3 Å². The van der Waals surface area contributed by atoms with Crippen LogP contribution in [0.15, 0.2) is 0 Å². The summed E-state index contributed by atoms with van der Waals surface area (Å²) in [6.45, 7) is 3.13. The minimum atomic E-state index is -2.87. The van der Waals surface area contributed by atoms with Crippen molar-refractivity contribution in [2.75, 3.05) is 26.2 Å². The fraction of sp³-hybridized carbons (Fsp3) is 1.00. The van der Waals surface area contributed by atoms with Crippen LogP contribution in [0, 0.1) is 0 Å². The van der Waals surface area contributed by atoms with Gasteiger partial charge in [0, 0.05) is 30.7 Å². The lowest BCUT2D eigenvalue weighted by atomic mass is 10.6. The maximum atomic E-state index is 8.70. The van der Waals surface area contributed by atoms with Crippen molar-refractivity contribution < 1.29 is 14.4 Å². The van der Waals surface area contributed by atoms with Gasteiger partial charge in [0.25, 0.3) is 0 Å². The van der Waals surface area contributed by atoms with Gasteiger partial charge < -0.3 is 16.8 Å². The Balaban J connectivity index is 0. The summed E-state index contributed by atoms with van der Waals surface area (Å²) in [5, 5.41) is 3.03. The van der Waals surface area contributed by atoms with E-state index in [-0.39, 0.29) is 0 Å². The lowest BCUT2D eigenvalue weighted by molar-refractivity contribution is 0.405. The van der Waals surface area contributed by atoms with E-state index in [2.05, 4.69) is 5.32 Å². The zero-order chi connectivity index (χ0) is 11.2. The molecule has 1 saturated carbocycles. The Morgan fingerprint density at radius 3 is 1.50 bits per heavy atom. The van der Waals surface area contributed by atoms with Crippen LogP contribution in [0.3, 0.4) is 0 Å². The predicted octanol–water partition coefficient (Wildman–Crippen LogP) is -0.708. The highest BCUT2D eigenvalue weighted by Gasteiger charge is 1.95. The Morgan fingerprint density at radius 2 is 1.36 bits per heavy atom. The third kappa shape index (κ3) is 58.9. The van der Waals surface area contributed by atoms with Gasteiger partial charge in [-0.3, -0.25) is 0 Å². The first kappa shape index (κ1) is 16.3. The molecular formula is C7H21N3O3P+. The summed E-state index contributed by atoms with van der Waals surface area (Å²) in [5.41, 5.74) is 10.3. The lowest BCUT2D eigenvalue weighted by Crippen LogP contribution is -2.27. The van der Waals surface area contributed by atoms with Crippen molar-refractivity contribution in [3.8, 4) is 0 Å². The molecule has 14 heavy (non-hydrogen) atoms. The van der Waals surface area contributed by atoms with Crippen molar-refractivity contribution >= 4 is 8.25 Å². The third-order valence-corrected chi connectivity index (χ3v) is 0.996. The summed E-state index contributed by atoms with van der Waals surface area (Å²) >= 11 is 0. The number of hydrogen-bond acceptors (Lipinski definition) is 4. The number of rotatable bonds is 4. The molecule has 0 heterocycles. The summed E-state index contributed by atoms with van der Waals surface area (Å²) < 4.78 is 8.70. The highest BCUT2D eigenvalue weighted by Crippen LogP contribution is 2.14. The molecule has 1 aliphatic carbocycles. The maximum Gasteiger partial charge on any atom is 0.692 e. The number of hydrogen-bond donors (Lipinski definition) is 5. The van der Waals surface area contributed by atoms with Crippen LogP contribution in [0.4, 0.5) is 0 Å². The van der Waals surface area contributed by atoms with Crippen LogP contribution in [-0.2, 0) is 4.57 Å². The lowest BCUT2D eigenvalue weighted by Gasteiger charge is -1.95. The summed E-state index contributed by atoms with van der Waals surface area (Å²) in [6, 6.07) is 0.